The Hall–Kier alpha value is -1.93. The molecule has 8 heteroatoms. The molecule has 7 nitrogen and oxygen atoms in total. The van der Waals surface area contributed by atoms with Gasteiger partial charge in [-0.3, -0.25) is 4.79 Å². The van der Waals surface area contributed by atoms with Crippen molar-refractivity contribution in [2.75, 3.05) is 13.1 Å². The molecule has 1 aliphatic heterocycles. The van der Waals surface area contributed by atoms with Gasteiger partial charge in [0, 0.05) is 39.0 Å². The monoisotopic (exact) mass is 446 g/mol. The molecule has 1 aliphatic carbocycles. The predicted octanol–water partition coefficient (Wildman–Crippen LogP) is 3.38. The van der Waals surface area contributed by atoms with Gasteiger partial charge in [-0.1, -0.05) is 26.2 Å². The van der Waals surface area contributed by atoms with E-state index in [1.54, 1.807) is 16.4 Å². The number of amides is 1. The van der Waals surface area contributed by atoms with E-state index in [-0.39, 0.29) is 11.9 Å². The molecule has 2 aromatic rings. The van der Waals surface area contributed by atoms with E-state index in [1.165, 1.54) is 19.3 Å². The van der Waals surface area contributed by atoms with Crippen LogP contribution in [-0.2, 0) is 28.3 Å². The number of hydrogen-bond acceptors (Lipinski definition) is 4. The van der Waals surface area contributed by atoms with Crippen LogP contribution in [0.1, 0.15) is 64.1 Å². The van der Waals surface area contributed by atoms with Gasteiger partial charge in [0.15, 0.2) is 0 Å². The Morgan fingerprint density at radius 2 is 1.87 bits per heavy atom. The minimum absolute atomic E-state index is 0.0687. The predicted molar refractivity (Wildman–Crippen MR) is 121 cm³/mol. The minimum atomic E-state index is -3.48. The van der Waals surface area contributed by atoms with Crippen molar-refractivity contribution in [1.29, 1.82) is 0 Å². The number of sulfonamides is 1. The molecule has 2 unspecified atom stereocenters. The van der Waals surface area contributed by atoms with Crippen LogP contribution in [0, 0.1) is 5.92 Å². The lowest BCUT2D eigenvalue weighted by Crippen LogP contribution is -2.41. The molecule has 2 fully saturated rings. The second kappa shape index (κ2) is 9.28. The molecule has 2 aliphatic rings. The molecular weight excluding hydrogens is 412 g/mol. The fourth-order valence-electron chi connectivity index (χ4n) is 4.90. The Kier molecular flexibility index (Phi) is 6.67. The van der Waals surface area contributed by atoms with Crippen LogP contribution in [0.15, 0.2) is 23.1 Å². The summed E-state index contributed by atoms with van der Waals surface area (Å²) < 4.78 is 29.5. The summed E-state index contributed by atoms with van der Waals surface area (Å²) in [5, 5.41) is 3.20. The van der Waals surface area contributed by atoms with Gasteiger partial charge >= 0.3 is 0 Å². The number of aromatic nitrogens is 2. The maximum atomic E-state index is 13.0. The van der Waals surface area contributed by atoms with Gasteiger partial charge in [0.25, 0.3) is 0 Å². The molecule has 1 aromatic heterocycles. The van der Waals surface area contributed by atoms with E-state index < -0.39 is 10.0 Å². The topological polar surface area (TPSA) is 84.3 Å². The standard InChI is InChI=1S/C23H34N4O3S/c1-17-8-4-5-9-19(17)25-23(28)13-12-22-24-20-16-18(10-11-21(20)26(22)2)31(29,30)27-14-6-3-7-15-27/h10-11,16-17,19H,3-9,12-15H2,1-2H3,(H,25,28). The van der Waals surface area contributed by atoms with E-state index in [4.69, 9.17) is 0 Å². The molecule has 170 valence electrons. The first-order chi connectivity index (χ1) is 14.9. The summed E-state index contributed by atoms with van der Waals surface area (Å²) >= 11 is 0. The zero-order chi connectivity index (χ0) is 22.0. The highest BCUT2D eigenvalue weighted by Gasteiger charge is 2.27. The fourth-order valence-corrected chi connectivity index (χ4v) is 6.44. The molecule has 1 amide bonds. The first kappa shape index (κ1) is 22.3. The van der Waals surface area contributed by atoms with Crippen molar-refractivity contribution in [1.82, 2.24) is 19.2 Å². The minimum Gasteiger partial charge on any atom is -0.353 e. The number of benzene rings is 1. The van der Waals surface area contributed by atoms with Crippen LogP contribution < -0.4 is 5.32 Å². The Morgan fingerprint density at radius 3 is 2.61 bits per heavy atom. The number of piperidine rings is 1. The third kappa shape index (κ3) is 4.80. The van der Waals surface area contributed by atoms with Crippen LogP contribution >= 0.6 is 0 Å². The van der Waals surface area contributed by atoms with Gasteiger partial charge in [0.05, 0.1) is 15.9 Å². The highest BCUT2D eigenvalue weighted by Crippen LogP contribution is 2.26. The van der Waals surface area contributed by atoms with Crippen molar-refractivity contribution in [2.24, 2.45) is 13.0 Å². The SMILES string of the molecule is CC1CCCCC1NC(=O)CCc1nc2cc(S(=O)(=O)N3CCCCC3)ccc2n1C. The summed E-state index contributed by atoms with van der Waals surface area (Å²) in [6.07, 6.45) is 8.51. The zero-order valence-corrected chi connectivity index (χ0v) is 19.5. The molecular formula is C23H34N4O3S. The van der Waals surface area contributed by atoms with Crippen LogP contribution in [0.3, 0.4) is 0 Å². The van der Waals surface area contributed by atoms with Crippen molar-refractivity contribution in [3.05, 3.63) is 24.0 Å². The van der Waals surface area contributed by atoms with Gasteiger partial charge < -0.3 is 9.88 Å². The van der Waals surface area contributed by atoms with Gasteiger partial charge in [-0.25, -0.2) is 13.4 Å². The number of carbonyl (C=O) groups excluding carboxylic acids is 1. The van der Waals surface area contributed by atoms with E-state index in [0.29, 0.717) is 42.3 Å². The largest absolute Gasteiger partial charge is 0.353 e. The van der Waals surface area contributed by atoms with Crippen molar-refractivity contribution in [3.63, 3.8) is 0 Å². The molecule has 4 rings (SSSR count). The maximum Gasteiger partial charge on any atom is 0.243 e. The molecule has 0 spiro atoms. The second-order valence-electron chi connectivity index (χ2n) is 9.14. The normalized spacial score (nSPS) is 23.2. The summed E-state index contributed by atoms with van der Waals surface area (Å²) in [6, 6.07) is 5.46. The number of hydrogen-bond donors (Lipinski definition) is 1. The molecule has 0 bridgehead atoms. The van der Waals surface area contributed by atoms with Gasteiger partial charge in [-0.15, -0.1) is 0 Å². The van der Waals surface area contributed by atoms with Crippen molar-refractivity contribution in [3.8, 4) is 0 Å². The lowest BCUT2D eigenvalue weighted by Gasteiger charge is -2.29. The van der Waals surface area contributed by atoms with E-state index in [0.717, 1.165) is 37.0 Å². The molecule has 2 heterocycles. The van der Waals surface area contributed by atoms with E-state index in [1.807, 2.05) is 17.7 Å². The summed E-state index contributed by atoms with van der Waals surface area (Å²) in [6.45, 7) is 3.39. The van der Waals surface area contributed by atoms with Crippen LogP contribution in [0.5, 0.6) is 0 Å². The molecule has 0 radical (unpaired) electrons. The first-order valence-corrected chi connectivity index (χ1v) is 13.0. The van der Waals surface area contributed by atoms with Crippen LogP contribution in [0.4, 0.5) is 0 Å². The Labute approximate surface area is 185 Å². The summed E-state index contributed by atoms with van der Waals surface area (Å²) in [4.78, 5) is 17.5. The number of fused-ring (bicyclic) bond motifs is 1. The molecule has 1 saturated carbocycles. The number of carbonyl (C=O) groups is 1. The van der Waals surface area contributed by atoms with Crippen molar-refractivity contribution >= 4 is 27.0 Å². The van der Waals surface area contributed by atoms with Gasteiger partial charge in [0.2, 0.25) is 15.9 Å². The number of nitrogens with zero attached hydrogens (tertiary/aromatic N) is 3. The Morgan fingerprint density at radius 1 is 1.13 bits per heavy atom. The van der Waals surface area contributed by atoms with E-state index in [2.05, 4.69) is 17.2 Å². The molecule has 2 atom stereocenters. The van der Waals surface area contributed by atoms with Gasteiger partial charge in [-0.05, 0) is 49.8 Å². The average molecular weight is 447 g/mol. The fraction of sp³-hybridized carbons (Fsp3) is 0.652. The average Bonchev–Trinajstić information content (AvgIpc) is 3.09. The second-order valence-corrected chi connectivity index (χ2v) is 11.1. The maximum absolute atomic E-state index is 13.0. The molecule has 31 heavy (non-hydrogen) atoms. The third-order valence-electron chi connectivity index (χ3n) is 6.93. The highest BCUT2D eigenvalue weighted by atomic mass is 32.2. The molecule has 1 N–H and O–H groups in total. The molecule has 1 saturated heterocycles. The van der Waals surface area contributed by atoms with Crippen molar-refractivity contribution in [2.45, 2.75) is 75.6 Å². The lowest BCUT2D eigenvalue weighted by atomic mass is 9.86. The summed E-state index contributed by atoms with van der Waals surface area (Å²) in [5.41, 5.74) is 1.55. The lowest BCUT2D eigenvalue weighted by molar-refractivity contribution is -0.122. The zero-order valence-electron chi connectivity index (χ0n) is 18.6. The van der Waals surface area contributed by atoms with Crippen LogP contribution in [0.2, 0.25) is 0 Å². The quantitative estimate of drug-likeness (QED) is 0.737. The van der Waals surface area contributed by atoms with Gasteiger partial charge in [-0.2, -0.15) is 4.31 Å². The van der Waals surface area contributed by atoms with Gasteiger partial charge in [0.1, 0.15) is 5.82 Å². The van der Waals surface area contributed by atoms with E-state index >= 15 is 0 Å². The van der Waals surface area contributed by atoms with Crippen molar-refractivity contribution < 1.29 is 13.2 Å². The number of rotatable bonds is 6. The highest BCUT2D eigenvalue weighted by molar-refractivity contribution is 7.89. The van der Waals surface area contributed by atoms with Crippen LogP contribution in [0.25, 0.3) is 11.0 Å². The molecule has 1 aromatic carbocycles. The third-order valence-corrected chi connectivity index (χ3v) is 8.83. The number of aryl methyl sites for hydroxylation is 2. The summed E-state index contributed by atoms with van der Waals surface area (Å²) in [5.74, 6) is 1.40. The van der Waals surface area contributed by atoms with E-state index in [9.17, 15) is 13.2 Å². The Balaban J connectivity index is 1.45. The van der Waals surface area contributed by atoms with Crippen LogP contribution in [-0.4, -0.2) is 47.3 Å². The first-order valence-electron chi connectivity index (χ1n) is 11.6. The Bertz CT molecular complexity index is 1040. The number of nitrogens with one attached hydrogen (secondary N) is 1. The summed E-state index contributed by atoms with van der Waals surface area (Å²) in [7, 11) is -1.56. The number of imidazole rings is 1. The smallest absolute Gasteiger partial charge is 0.243 e.